The van der Waals surface area contributed by atoms with Crippen molar-refractivity contribution in [3.05, 3.63) is 0 Å². The SMILES string of the molecule is CCCN(C)S(=O)(=O)N1CCC(CNC2CC2)CC1. The Morgan fingerprint density at radius 1 is 1.21 bits per heavy atom. The summed E-state index contributed by atoms with van der Waals surface area (Å²) in [6.07, 6.45) is 5.46. The molecule has 1 heterocycles. The fourth-order valence-corrected chi connectivity index (χ4v) is 4.07. The van der Waals surface area contributed by atoms with E-state index in [-0.39, 0.29) is 0 Å². The van der Waals surface area contributed by atoms with Gasteiger partial charge in [-0.1, -0.05) is 6.92 Å². The fraction of sp³-hybridized carbons (Fsp3) is 1.00. The van der Waals surface area contributed by atoms with Crippen LogP contribution in [0.15, 0.2) is 0 Å². The molecule has 112 valence electrons. The van der Waals surface area contributed by atoms with Crippen molar-refractivity contribution in [2.75, 3.05) is 33.2 Å². The van der Waals surface area contributed by atoms with Gasteiger partial charge < -0.3 is 5.32 Å². The number of piperidine rings is 1. The van der Waals surface area contributed by atoms with Crippen LogP contribution in [0.5, 0.6) is 0 Å². The van der Waals surface area contributed by atoms with Gasteiger partial charge in [0.05, 0.1) is 0 Å². The molecule has 0 unspecified atom stereocenters. The van der Waals surface area contributed by atoms with E-state index in [0.29, 0.717) is 25.6 Å². The molecule has 0 bridgehead atoms. The molecule has 1 saturated carbocycles. The average molecular weight is 289 g/mol. The first-order chi connectivity index (χ1) is 9.04. The molecule has 2 aliphatic rings. The summed E-state index contributed by atoms with van der Waals surface area (Å²) >= 11 is 0. The lowest BCUT2D eigenvalue weighted by Gasteiger charge is -2.33. The first-order valence-electron chi connectivity index (χ1n) is 7.48. The van der Waals surface area contributed by atoms with Gasteiger partial charge in [0.25, 0.3) is 10.2 Å². The molecule has 2 rings (SSSR count). The summed E-state index contributed by atoms with van der Waals surface area (Å²) < 4.78 is 27.7. The lowest BCUT2D eigenvalue weighted by atomic mass is 9.98. The molecule has 6 heteroatoms. The van der Waals surface area contributed by atoms with Gasteiger partial charge in [-0.3, -0.25) is 0 Å². The Morgan fingerprint density at radius 2 is 1.84 bits per heavy atom. The summed E-state index contributed by atoms with van der Waals surface area (Å²) in [6, 6.07) is 0.748. The second kappa shape index (κ2) is 6.52. The van der Waals surface area contributed by atoms with E-state index < -0.39 is 10.2 Å². The van der Waals surface area contributed by atoms with Crippen molar-refractivity contribution >= 4 is 10.2 Å². The van der Waals surface area contributed by atoms with Crippen LogP contribution in [0.2, 0.25) is 0 Å². The van der Waals surface area contributed by atoms with Crippen LogP contribution >= 0.6 is 0 Å². The molecule has 5 nitrogen and oxygen atoms in total. The van der Waals surface area contributed by atoms with Crippen LogP contribution in [-0.4, -0.2) is 56.3 Å². The van der Waals surface area contributed by atoms with Crippen molar-refractivity contribution in [2.24, 2.45) is 5.92 Å². The van der Waals surface area contributed by atoms with Crippen LogP contribution in [0.25, 0.3) is 0 Å². The minimum atomic E-state index is -3.22. The minimum Gasteiger partial charge on any atom is -0.314 e. The lowest BCUT2D eigenvalue weighted by molar-refractivity contribution is 0.253. The van der Waals surface area contributed by atoms with E-state index in [1.165, 1.54) is 17.1 Å². The predicted molar refractivity (Wildman–Crippen MR) is 77.2 cm³/mol. The quantitative estimate of drug-likeness (QED) is 0.762. The highest BCUT2D eigenvalue weighted by atomic mass is 32.2. The van der Waals surface area contributed by atoms with E-state index in [0.717, 1.165) is 31.8 Å². The summed E-state index contributed by atoms with van der Waals surface area (Å²) in [5.41, 5.74) is 0. The molecule has 0 aromatic heterocycles. The average Bonchev–Trinajstić information content (AvgIpc) is 3.21. The Kier molecular flexibility index (Phi) is 5.22. The van der Waals surface area contributed by atoms with Gasteiger partial charge in [-0.25, -0.2) is 0 Å². The molecule has 0 aromatic carbocycles. The maximum Gasteiger partial charge on any atom is 0.281 e. The van der Waals surface area contributed by atoms with Gasteiger partial charge in [0, 0.05) is 32.7 Å². The van der Waals surface area contributed by atoms with Crippen LogP contribution < -0.4 is 5.32 Å². The van der Waals surface area contributed by atoms with Crippen molar-refractivity contribution in [3.63, 3.8) is 0 Å². The first kappa shape index (κ1) is 15.2. The Bertz CT molecular complexity index is 373. The number of hydrogen-bond donors (Lipinski definition) is 1. The lowest BCUT2D eigenvalue weighted by Crippen LogP contribution is -2.47. The van der Waals surface area contributed by atoms with Crippen LogP contribution in [-0.2, 0) is 10.2 Å². The number of nitrogens with zero attached hydrogens (tertiary/aromatic N) is 2. The number of nitrogens with one attached hydrogen (secondary N) is 1. The molecular weight excluding hydrogens is 262 g/mol. The monoisotopic (exact) mass is 289 g/mol. The van der Waals surface area contributed by atoms with Crippen molar-refractivity contribution < 1.29 is 8.42 Å². The zero-order valence-electron chi connectivity index (χ0n) is 12.1. The maximum absolute atomic E-state index is 12.3. The predicted octanol–water partition coefficient (Wildman–Crippen LogP) is 1.04. The Morgan fingerprint density at radius 3 is 2.37 bits per heavy atom. The normalized spacial score (nSPS) is 23.1. The van der Waals surface area contributed by atoms with Gasteiger partial charge in [0.2, 0.25) is 0 Å². The largest absolute Gasteiger partial charge is 0.314 e. The smallest absolute Gasteiger partial charge is 0.281 e. The minimum absolute atomic E-state index is 0.603. The third-order valence-corrected chi connectivity index (χ3v) is 6.09. The molecule has 0 aromatic rings. The van der Waals surface area contributed by atoms with Gasteiger partial charge in [-0.15, -0.1) is 0 Å². The Balaban J connectivity index is 1.77. The maximum atomic E-state index is 12.3. The summed E-state index contributed by atoms with van der Waals surface area (Å²) in [5, 5.41) is 3.54. The van der Waals surface area contributed by atoms with E-state index in [2.05, 4.69) is 5.32 Å². The Labute approximate surface area is 117 Å². The van der Waals surface area contributed by atoms with Crippen LogP contribution in [0.1, 0.15) is 39.0 Å². The molecule has 2 fully saturated rings. The van der Waals surface area contributed by atoms with Gasteiger partial charge in [0.1, 0.15) is 0 Å². The molecule has 19 heavy (non-hydrogen) atoms. The van der Waals surface area contributed by atoms with Crippen molar-refractivity contribution in [2.45, 2.75) is 45.1 Å². The molecule has 0 spiro atoms. The second-order valence-corrected chi connectivity index (χ2v) is 7.89. The van der Waals surface area contributed by atoms with E-state index in [4.69, 9.17) is 0 Å². The standard InChI is InChI=1S/C13H27N3O2S/c1-3-8-15(2)19(17,18)16-9-6-12(7-10-16)11-14-13-4-5-13/h12-14H,3-11H2,1-2H3. The van der Waals surface area contributed by atoms with Gasteiger partial charge >= 0.3 is 0 Å². The molecule has 0 atom stereocenters. The summed E-state index contributed by atoms with van der Waals surface area (Å²) in [5.74, 6) is 0.642. The third-order valence-electron chi connectivity index (χ3n) is 4.10. The highest BCUT2D eigenvalue weighted by molar-refractivity contribution is 7.86. The fourth-order valence-electron chi connectivity index (χ4n) is 2.59. The van der Waals surface area contributed by atoms with Crippen LogP contribution in [0.4, 0.5) is 0 Å². The number of hydrogen-bond acceptors (Lipinski definition) is 3. The van der Waals surface area contributed by atoms with Crippen LogP contribution in [0.3, 0.4) is 0 Å². The highest BCUT2D eigenvalue weighted by Gasteiger charge is 2.31. The molecule has 1 aliphatic carbocycles. The molecule has 1 aliphatic heterocycles. The molecule has 0 amide bonds. The van der Waals surface area contributed by atoms with Crippen molar-refractivity contribution in [3.8, 4) is 0 Å². The summed E-state index contributed by atoms with van der Waals surface area (Å²) in [4.78, 5) is 0. The van der Waals surface area contributed by atoms with E-state index >= 15 is 0 Å². The van der Waals surface area contributed by atoms with E-state index in [1.807, 2.05) is 6.92 Å². The Hall–Kier alpha value is -0.170. The molecule has 1 N–H and O–H groups in total. The molecule has 1 saturated heterocycles. The highest BCUT2D eigenvalue weighted by Crippen LogP contribution is 2.23. The zero-order valence-corrected chi connectivity index (χ0v) is 13.0. The third kappa shape index (κ3) is 4.15. The van der Waals surface area contributed by atoms with Gasteiger partial charge in [-0.2, -0.15) is 17.0 Å². The summed E-state index contributed by atoms with van der Waals surface area (Å²) in [6.45, 7) is 5.01. The molecule has 0 radical (unpaired) electrons. The van der Waals surface area contributed by atoms with Gasteiger partial charge in [-0.05, 0) is 44.6 Å². The second-order valence-electron chi connectivity index (χ2n) is 5.85. The topological polar surface area (TPSA) is 52.7 Å². The van der Waals surface area contributed by atoms with Crippen molar-refractivity contribution in [1.82, 2.24) is 13.9 Å². The van der Waals surface area contributed by atoms with Gasteiger partial charge in [0.15, 0.2) is 0 Å². The summed E-state index contributed by atoms with van der Waals surface area (Å²) in [7, 11) is -1.54. The van der Waals surface area contributed by atoms with E-state index in [1.54, 1.807) is 11.4 Å². The van der Waals surface area contributed by atoms with E-state index in [9.17, 15) is 8.42 Å². The van der Waals surface area contributed by atoms with Crippen LogP contribution in [0, 0.1) is 5.92 Å². The first-order valence-corrected chi connectivity index (χ1v) is 8.88. The molecular formula is C13H27N3O2S. The zero-order chi connectivity index (χ0) is 13.9. The van der Waals surface area contributed by atoms with Crippen molar-refractivity contribution in [1.29, 1.82) is 0 Å². The number of rotatable bonds is 7.